The highest BCUT2D eigenvalue weighted by Crippen LogP contribution is 2.83. The molecule has 1 saturated heterocycles. The maximum absolute atomic E-state index is 11.5. The van der Waals surface area contributed by atoms with Crippen molar-refractivity contribution in [3.05, 3.63) is 0 Å². The fourth-order valence-electron chi connectivity index (χ4n) is 10.5. The minimum atomic E-state index is -0.0694. The lowest BCUT2D eigenvalue weighted by molar-refractivity contribution is -0.221. The van der Waals surface area contributed by atoms with E-state index in [4.69, 9.17) is 0 Å². The standard InChI is InChI=1S/C22H35NO2/c1-13-14-4-7-21(19(13)25)15-11-16-20(2)5-3-6-22(16,17(21)10-14)18(15)23(12-20)8-9-24/h13-19,24-25H,3-12H2,1-2H3/t13?,14-,15?,16?,17?,18+,19+,20?,21-,22-/m0/s1. The second-order valence-corrected chi connectivity index (χ2v) is 11.2. The van der Waals surface area contributed by atoms with Gasteiger partial charge in [0.25, 0.3) is 0 Å². The molecule has 7 bridgehead atoms. The summed E-state index contributed by atoms with van der Waals surface area (Å²) in [5, 5.41) is 21.3. The molecule has 7 rings (SSSR count). The summed E-state index contributed by atoms with van der Waals surface area (Å²) in [6.45, 7) is 7.23. The first-order valence-corrected chi connectivity index (χ1v) is 11.0. The van der Waals surface area contributed by atoms with Crippen molar-refractivity contribution in [3.63, 3.8) is 0 Å². The molecule has 6 aliphatic carbocycles. The molecule has 3 nitrogen and oxygen atoms in total. The number of rotatable bonds is 2. The van der Waals surface area contributed by atoms with Crippen LogP contribution in [0.3, 0.4) is 0 Å². The maximum Gasteiger partial charge on any atom is 0.0630 e. The number of nitrogens with zero attached hydrogens (tertiary/aromatic N) is 1. The first-order valence-electron chi connectivity index (χ1n) is 11.0. The Balaban J connectivity index is 1.54. The van der Waals surface area contributed by atoms with Crippen molar-refractivity contribution in [2.45, 2.75) is 70.9 Å². The number of β-amino-alcohol motifs (C(OH)–C–C–N with tert-alkyl or cyclic N) is 1. The Morgan fingerprint density at radius 3 is 2.72 bits per heavy atom. The summed E-state index contributed by atoms with van der Waals surface area (Å²) in [6.07, 6.45) is 9.51. The van der Waals surface area contributed by atoms with Crippen molar-refractivity contribution in [2.24, 2.45) is 45.8 Å². The van der Waals surface area contributed by atoms with Crippen LogP contribution in [0.2, 0.25) is 0 Å². The van der Waals surface area contributed by atoms with E-state index in [1.54, 1.807) is 0 Å². The predicted octanol–water partition coefficient (Wildman–Crippen LogP) is 2.90. The van der Waals surface area contributed by atoms with Crippen LogP contribution >= 0.6 is 0 Å². The highest BCUT2D eigenvalue weighted by atomic mass is 16.3. The molecule has 0 radical (unpaired) electrons. The first-order chi connectivity index (χ1) is 12.0. The number of likely N-dealkylation sites (tertiary alicyclic amines) is 1. The molecule has 3 heteroatoms. The summed E-state index contributed by atoms with van der Waals surface area (Å²) < 4.78 is 0. The van der Waals surface area contributed by atoms with Gasteiger partial charge in [-0.15, -0.1) is 0 Å². The summed E-state index contributed by atoms with van der Waals surface area (Å²) in [4.78, 5) is 2.71. The summed E-state index contributed by atoms with van der Waals surface area (Å²) in [5.41, 5.74) is 1.13. The quantitative estimate of drug-likeness (QED) is 0.809. The smallest absolute Gasteiger partial charge is 0.0630 e. The van der Waals surface area contributed by atoms with Gasteiger partial charge in [0.1, 0.15) is 0 Å². The normalized spacial score (nSPS) is 64.6. The SMILES string of the molecule is CC1[C@H]2CC[C@@]3(C4CC5C6(C)CCC[C@]5(C3C2)[C@@H]4N(CCO)C6)[C@@H]1O. The van der Waals surface area contributed by atoms with Crippen molar-refractivity contribution in [1.82, 2.24) is 4.90 Å². The van der Waals surface area contributed by atoms with Crippen molar-refractivity contribution < 1.29 is 10.2 Å². The second kappa shape index (κ2) is 4.64. The van der Waals surface area contributed by atoms with E-state index in [1.165, 1.54) is 51.5 Å². The van der Waals surface area contributed by atoms with Crippen LogP contribution in [-0.2, 0) is 0 Å². The number of hydrogen-bond acceptors (Lipinski definition) is 3. The van der Waals surface area contributed by atoms with Gasteiger partial charge in [-0.25, -0.2) is 0 Å². The molecule has 25 heavy (non-hydrogen) atoms. The van der Waals surface area contributed by atoms with Crippen molar-refractivity contribution >= 4 is 0 Å². The maximum atomic E-state index is 11.5. The van der Waals surface area contributed by atoms with Crippen molar-refractivity contribution in [3.8, 4) is 0 Å². The molecular weight excluding hydrogens is 310 g/mol. The van der Waals surface area contributed by atoms with Crippen LogP contribution in [0.15, 0.2) is 0 Å². The van der Waals surface area contributed by atoms with Crippen LogP contribution in [0.4, 0.5) is 0 Å². The van der Waals surface area contributed by atoms with Crippen LogP contribution in [0.25, 0.3) is 0 Å². The van der Waals surface area contributed by atoms with E-state index >= 15 is 0 Å². The Labute approximate surface area is 152 Å². The van der Waals surface area contributed by atoms with Gasteiger partial charge in [-0.3, -0.25) is 4.90 Å². The first kappa shape index (κ1) is 15.9. The minimum absolute atomic E-state index is 0.0694. The number of hydrogen-bond donors (Lipinski definition) is 2. The lowest BCUT2D eigenvalue weighted by Gasteiger charge is -2.67. The molecule has 5 unspecified atom stereocenters. The second-order valence-electron chi connectivity index (χ2n) is 11.2. The van der Waals surface area contributed by atoms with Gasteiger partial charge < -0.3 is 10.2 Å². The molecule has 7 fully saturated rings. The molecule has 1 aliphatic heterocycles. The lowest BCUT2D eigenvalue weighted by atomic mass is 9.39. The van der Waals surface area contributed by atoms with E-state index in [0.29, 0.717) is 35.3 Å². The van der Waals surface area contributed by atoms with Crippen LogP contribution in [0.1, 0.15) is 58.8 Å². The monoisotopic (exact) mass is 345 g/mol. The Morgan fingerprint density at radius 1 is 1.08 bits per heavy atom. The molecule has 1 heterocycles. The van der Waals surface area contributed by atoms with E-state index in [-0.39, 0.29) is 11.5 Å². The van der Waals surface area contributed by atoms with Crippen molar-refractivity contribution in [1.29, 1.82) is 0 Å². The van der Waals surface area contributed by atoms with Crippen molar-refractivity contribution in [2.75, 3.05) is 19.7 Å². The molecule has 10 atom stereocenters. The number of fused-ring (bicyclic) bond motifs is 2. The zero-order valence-electron chi connectivity index (χ0n) is 16.0. The van der Waals surface area contributed by atoms with Gasteiger partial charge in [0.15, 0.2) is 0 Å². The Morgan fingerprint density at radius 2 is 1.92 bits per heavy atom. The average molecular weight is 346 g/mol. The molecule has 0 aromatic heterocycles. The van der Waals surface area contributed by atoms with Crippen LogP contribution in [-0.4, -0.2) is 47.0 Å². The number of aliphatic hydroxyl groups excluding tert-OH is 2. The molecule has 2 spiro atoms. The van der Waals surface area contributed by atoms with Gasteiger partial charge in [-0.1, -0.05) is 20.3 Å². The average Bonchev–Trinajstić information content (AvgIpc) is 3.01. The topological polar surface area (TPSA) is 43.7 Å². The summed E-state index contributed by atoms with van der Waals surface area (Å²) in [5.74, 6) is 3.60. The van der Waals surface area contributed by atoms with Crippen LogP contribution < -0.4 is 0 Å². The largest absolute Gasteiger partial charge is 0.395 e. The zero-order chi connectivity index (χ0) is 17.2. The molecule has 6 saturated carbocycles. The molecule has 140 valence electrons. The van der Waals surface area contributed by atoms with Gasteiger partial charge in [-0.2, -0.15) is 0 Å². The summed E-state index contributed by atoms with van der Waals surface area (Å²) >= 11 is 0. The third kappa shape index (κ3) is 1.48. The molecular formula is C22H35NO2. The van der Waals surface area contributed by atoms with Crippen LogP contribution in [0.5, 0.6) is 0 Å². The van der Waals surface area contributed by atoms with Crippen LogP contribution in [0, 0.1) is 45.8 Å². The molecule has 0 amide bonds. The number of piperidine rings is 1. The van der Waals surface area contributed by atoms with Gasteiger partial charge in [0.2, 0.25) is 0 Å². The minimum Gasteiger partial charge on any atom is -0.395 e. The van der Waals surface area contributed by atoms with E-state index < -0.39 is 0 Å². The molecule has 0 aromatic rings. The van der Waals surface area contributed by atoms with Gasteiger partial charge >= 0.3 is 0 Å². The van der Waals surface area contributed by atoms with E-state index in [9.17, 15) is 10.2 Å². The Bertz CT molecular complexity index is 609. The Kier molecular flexibility index (Phi) is 2.95. The molecule has 7 aliphatic rings. The highest BCUT2D eigenvalue weighted by Gasteiger charge is 2.82. The fourth-order valence-corrected chi connectivity index (χ4v) is 10.5. The number of aliphatic hydroxyl groups is 2. The molecule has 2 N–H and O–H groups in total. The van der Waals surface area contributed by atoms with E-state index in [1.807, 2.05) is 0 Å². The van der Waals surface area contributed by atoms with Gasteiger partial charge in [-0.05, 0) is 78.9 Å². The summed E-state index contributed by atoms with van der Waals surface area (Å²) in [7, 11) is 0. The highest BCUT2D eigenvalue weighted by molar-refractivity contribution is 5.32. The third-order valence-electron chi connectivity index (χ3n) is 10.9. The summed E-state index contributed by atoms with van der Waals surface area (Å²) in [6, 6.07) is 0.654. The zero-order valence-corrected chi connectivity index (χ0v) is 16.0. The Hall–Kier alpha value is -0.120. The third-order valence-corrected chi connectivity index (χ3v) is 10.9. The van der Waals surface area contributed by atoms with E-state index in [2.05, 4.69) is 18.7 Å². The molecule has 0 aromatic carbocycles. The van der Waals surface area contributed by atoms with Gasteiger partial charge in [0.05, 0.1) is 12.7 Å². The lowest BCUT2D eigenvalue weighted by Crippen LogP contribution is -2.66. The van der Waals surface area contributed by atoms with Gasteiger partial charge in [0, 0.05) is 24.5 Å². The predicted molar refractivity (Wildman–Crippen MR) is 96.9 cm³/mol. The fraction of sp³-hybridized carbons (Fsp3) is 1.00. The van der Waals surface area contributed by atoms with E-state index in [0.717, 1.165) is 24.3 Å².